The number of aromatic nitrogens is 1. The molecular weight excluding hydrogens is 342 g/mol. The molecule has 2 aromatic rings. The van der Waals surface area contributed by atoms with Crippen LogP contribution < -0.4 is 4.90 Å². The molecule has 140 valence electrons. The molecule has 1 saturated carbocycles. The van der Waals surface area contributed by atoms with E-state index in [2.05, 4.69) is 44.4 Å². The molecule has 0 radical (unpaired) electrons. The third kappa shape index (κ3) is 3.80. The predicted molar refractivity (Wildman–Crippen MR) is 108 cm³/mol. The third-order valence-corrected chi connectivity index (χ3v) is 7.16. The zero-order valence-corrected chi connectivity index (χ0v) is 16.2. The summed E-state index contributed by atoms with van der Waals surface area (Å²) in [4.78, 5) is 10.6. The van der Waals surface area contributed by atoms with Crippen LogP contribution in [-0.4, -0.2) is 47.7 Å². The predicted octanol–water partition coefficient (Wildman–Crippen LogP) is 3.73. The first-order chi connectivity index (χ1) is 12.8. The number of nitrogens with zero attached hydrogens (tertiary/aromatic N) is 3. The van der Waals surface area contributed by atoms with Crippen molar-refractivity contribution >= 4 is 17.2 Å². The van der Waals surface area contributed by atoms with Gasteiger partial charge in [0.2, 0.25) is 0 Å². The fraction of sp³-hybridized carbons (Fsp3) is 0.571. The normalized spacial score (nSPS) is 27.6. The number of hydrogen-bond acceptors (Lipinski definition) is 5. The number of pyridine rings is 1. The summed E-state index contributed by atoms with van der Waals surface area (Å²) in [5, 5.41) is 13.5. The molecule has 0 amide bonds. The molecule has 3 heterocycles. The Labute approximate surface area is 160 Å². The summed E-state index contributed by atoms with van der Waals surface area (Å²) >= 11 is 1.71. The minimum Gasteiger partial charge on any atom is -0.384 e. The highest BCUT2D eigenvalue weighted by Crippen LogP contribution is 2.45. The van der Waals surface area contributed by atoms with E-state index in [0.29, 0.717) is 5.92 Å². The molecule has 2 fully saturated rings. The van der Waals surface area contributed by atoms with E-state index in [1.165, 1.54) is 11.3 Å². The lowest BCUT2D eigenvalue weighted by molar-refractivity contribution is -0.0571. The molecule has 1 N–H and O–H groups in total. The second-order valence-electron chi connectivity index (χ2n) is 7.65. The quantitative estimate of drug-likeness (QED) is 0.869. The molecule has 2 unspecified atom stereocenters. The first-order valence-electron chi connectivity index (χ1n) is 9.90. The Balaban J connectivity index is 1.31. The van der Waals surface area contributed by atoms with Crippen LogP contribution in [0.4, 0.5) is 5.82 Å². The maximum absolute atomic E-state index is 11.4. The lowest BCUT2D eigenvalue weighted by atomic mass is 9.73. The van der Waals surface area contributed by atoms with Gasteiger partial charge in [0.15, 0.2) is 0 Å². The van der Waals surface area contributed by atoms with Crippen LogP contribution in [0.2, 0.25) is 0 Å². The summed E-state index contributed by atoms with van der Waals surface area (Å²) in [6.45, 7) is 5.34. The van der Waals surface area contributed by atoms with Gasteiger partial charge in [-0.25, -0.2) is 4.98 Å². The minimum absolute atomic E-state index is 0.392. The lowest BCUT2D eigenvalue weighted by Crippen LogP contribution is -2.48. The van der Waals surface area contributed by atoms with E-state index in [0.717, 1.165) is 64.2 Å². The van der Waals surface area contributed by atoms with E-state index in [-0.39, 0.29) is 0 Å². The SMILES string of the molecule is OC1(c2cccs2)CCCCC1CCN1CCN(c2ccccn2)CC1. The second-order valence-corrected chi connectivity index (χ2v) is 8.60. The monoisotopic (exact) mass is 371 g/mol. The van der Waals surface area contributed by atoms with Crippen molar-refractivity contribution in [3.63, 3.8) is 0 Å². The Hall–Kier alpha value is -1.43. The van der Waals surface area contributed by atoms with Gasteiger partial charge in [-0.3, -0.25) is 4.90 Å². The van der Waals surface area contributed by atoms with Crippen molar-refractivity contribution in [2.75, 3.05) is 37.6 Å². The van der Waals surface area contributed by atoms with E-state index in [1.807, 2.05) is 12.3 Å². The lowest BCUT2D eigenvalue weighted by Gasteiger charge is -2.41. The largest absolute Gasteiger partial charge is 0.384 e. The van der Waals surface area contributed by atoms with Gasteiger partial charge in [0.1, 0.15) is 11.4 Å². The number of thiophene rings is 1. The van der Waals surface area contributed by atoms with Gasteiger partial charge in [-0.15, -0.1) is 11.3 Å². The van der Waals surface area contributed by atoms with Gasteiger partial charge >= 0.3 is 0 Å². The molecular formula is C21H29N3OS. The molecule has 0 spiro atoms. The summed E-state index contributed by atoms with van der Waals surface area (Å²) in [5.74, 6) is 1.48. The number of rotatable bonds is 5. The van der Waals surface area contributed by atoms with Crippen LogP contribution in [-0.2, 0) is 5.60 Å². The first-order valence-corrected chi connectivity index (χ1v) is 10.8. The topological polar surface area (TPSA) is 39.6 Å². The number of aliphatic hydroxyl groups is 1. The molecule has 0 bridgehead atoms. The van der Waals surface area contributed by atoms with Crippen LogP contribution in [0, 0.1) is 5.92 Å². The van der Waals surface area contributed by atoms with Gasteiger partial charge in [-0.1, -0.05) is 25.0 Å². The fourth-order valence-corrected chi connectivity index (χ4v) is 5.47. The van der Waals surface area contributed by atoms with Gasteiger partial charge in [0, 0.05) is 37.3 Å². The summed E-state index contributed by atoms with van der Waals surface area (Å²) in [5.41, 5.74) is -0.595. The molecule has 5 heteroatoms. The smallest absolute Gasteiger partial charge is 0.128 e. The Kier molecular flexibility index (Phi) is 5.57. The molecule has 4 rings (SSSR count). The Morgan fingerprint density at radius 2 is 2.00 bits per heavy atom. The van der Waals surface area contributed by atoms with Crippen molar-refractivity contribution in [1.29, 1.82) is 0 Å². The summed E-state index contributed by atoms with van der Waals surface area (Å²) in [6, 6.07) is 10.3. The van der Waals surface area contributed by atoms with Crippen LogP contribution in [0.1, 0.15) is 37.0 Å². The number of anilines is 1. The molecule has 1 saturated heterocycles. The van der Waals surface area contributed by atoms with Crippen LogP contribution in [0.3, 0.4) is 0 Å². The number of piperazine rings is 1. The summed E-state index contributed by atoms with van der Waals surface area (Å²) < 4.78 is 0. The van der Waals surface area contributed by atoms with Crippen LogP contribution in [0.5, 0.6) is 0 Å². The number of hydrogen-bond donors (Lipinski definition) is 1. The molecule has 26 heavy (non-hydrogen) atoms. The molecule has 4 nitrogen and oxygen atoms in total. The highest BCUT2D eigenvalue weighted by atomic mass is 32.1. The van der Waals surface area contributed by atoms with Crippen molar-refractivity contribution in [1.82, 2.24) is 9.88 Å². The van der Waals surface area contributed by atoms with E-state index >= 15 is 0 Å². The van der Waals surface area contributed by atoms with E-state index in [4.69, 9.17) is 0 Å². The van der Waals surface area contributed by atoms with Gasteiger partial charge in [-0.2, -0.15) is 0 Å². The van der Waals surface area contributed by atoms with Crippen LogP contribution in [0.25, 0.3) is 0 Å². The molecule has 2 atom stereocenters. The van der Waals surface area contributed by atoms with Crippen molar-refractivity contribution < 1.29 is 5.11 Å². The molecule has 2 aliphatic rings. The zero-order chi connectivity index (χ0) is 17.8. The van der Waals surface area contributed by atoms with Gasteiger partial charge in [-0.05, 0) is 55.3 Å². The molecule has 0 aromatic carbocycles. The Morgan fingerprint density at radius 3 is 2.73 bits per heavy atom. The van der Waals surface area contributed by atoms with Gasteiger partial charge < -0.3 is 10.0 Å². The molecule has 2 aromatic heterocycles. The summed E-state index contributed by atoms with van der Waals surface area (Å²) in [7, 11) is 0. The highest BCUT2D eigenvalue weighted by Gasteiger charge is 2.41. The van der Waals surface area contributed by atoms with Crippen LogP contribution >= 0.6 is 11.3 Å². The Morgan fingerprint density at radius 1 is 1.12 bits per heavy atom. The Bertz CT molecular complexity index is 670. The highest BCUT2D eigenvalue weighted by molar-refractivity contribution is 7.10. The van der Waals surface area contributed by atoms with Crippen molar-refractivity contribution in [3.8, 4) is 0 Å². The maximum atomic E-state index is 11.4. The van der Waals surface area contributed by atoms with Gasteiger partial charge in [0.05, 0.1) is 0 Å². The fourth-order valence-electron chi connectivity index (χ4n) is 4.54. The molecule has 1 aliphatic carbocycles. The molecule has 1 aliphatic heterocycles. The average molecular weight is 372 g/mol. The standard InChI is InChI=1S/C21H29N3OS/c25-21(19-7-5-17-26-19)10-3-1-6-18(21)9-12-23-13-15-24(16-14-23)20-8-2-4-11-22-20/h2,4-5,7-8,11,17-18,25H,1,3,6,9-10,12-16H2. The van der Waals surface area contributed by atoms with E-state index in [1.54, 1.807) is 11.3 Å². The van der Waals surface area contributed by atoms with Crippen LogP contribution in [0.15, 0.2) is 41.9 Å². The zero-order valence-electron chi connectivity index (χ0n) is 15.4. The van der Waals surface area contributed by atoms with E-state index in [9.17, 15) is 5.11 Å². The van der Waals surface area contributed by atoms with Gasteiger partial charge in [0.25, 0.3) is 0 Å². The van der Waals surface area contributed by atoms with E-state index < -0.39 is 5.60 Å². The maximum Gasteiger partial charge on any atom is 0.128 e. The first kappa shape index (κ1) is 18.0. The van der Waals surface area contributed by atoms with Crippen molar-refractivity contribution in [2.45, 2.75) is 37.7 Å². The average Bonchev–Trinajstić information content (AvgIpc) is 3.24. The third-order valence-electron chi connectivity index (χ3n) is 6.12. The van der Waals surface area contributed by atoms with Crippen molar-refractivity contribution in [3.05, 3.63) is 46.8 Å². The van der Waals surface area contributed by atoms with Crippen molar-refractivity contribution in [2.24, 2.45) is 5.92 Å². The second kappa shape index (κ2) is 8.07. The minimum atomic E-state index is -0.595. The summed E-state index contributed by atoms with van der Waals surface area (Å²) in [6.07, 6.45) is 7.45.